The van der Waals surface area contributed by atoms with Gasteiger partial charge in [-0.05, 0) is 12.3 Å². The Hall–Kier alpha value is -0.700. The second-order valence-corrected chi connectivity index (χ2v) is 4.73. The zero-order valence-corrected chi connectivity index (χ0v) is 9.59. The standard InChI is InChI=1S/C11H17ClN2O/c12-10-9(15-14-11(10)13)7-6-8-4-2-1-3-5-8/h8H,1-7H2,(H2,13,14). The molecule has 2 rings (SSSR count). The lowest BCUT2D eigenvalue weighted by Crippen LogP contribution is -2.07. The van der Waals surface area contributed by atoms with E-state index in [4.69, 9.17) is 21.9 Å². The molecule has 3 nitrogen and oxygen atoms in total. The van der Waals surface area contributed by atoms with Crippen LogP contribution < -0.4 is 5.73 Å². The Kier molecular flexibility index (Phi) is 3.52. The summed E-state index contributed by atoms with van der Waals surface area (Å²) in [6, 6.07) is 0. The summed E-state index contributed by atoms with van der Waals surface area (Å²) in [5.41, 5.74) is 5.51. The topological polar surface area (TPSA) is 52.0 Å². The predicted octanol–water partition coefficient (Wildman–Crippen LogP) is 3.42. The lowest BCUT2D eigenvalue weighted by molar-refractivity contribution is 0.318. The highest BCUT2D eigenvalue weighted by Crippen LogP contribution is 2.30. The number of nitrogens with zero attached hydrogens (tertiary/aromatic N) is 1. The van der Waals surface area contributed by atoms with Crippen molar-refractivity contribution in [3.8, 4) is 0 Å². The number of hydrogen-bond donors (Lipinski definition) is 1. The summed E-state index contributed by atoms with van der Waals surface area (Å²) in [5.74, 6) is 1.90. The molecular formula is C11H17ClN2O. The molecule has 1 aromatic heterocycles. The van der Waals surface area contributed by atoms with Gasteiger partial charge in [0.1, 0.15) is 5.02 Å². The Morgan fingerprint density at radius 1 is 1.33 bits per heavy atom. The van der Waals surface area contributed by atoms with Gasteiger partial charge in [0.15, 0.2) is 11.6 Å². The fourth-order valence-corrected chi connectivity index (χ4v) is 2.46. The van der Waals surface area contributed by atoms with Crippen molar-refractivity contribution in [2.24, 2.45) is 5.92 Å². The van der Waals surface area contributed by atoms with Crippen LogP contribution in [0, 0.1) is 5.92 Å². The largest absolute Gasteiger partial charge is 0.380 e. The van der Waals surface area contributed by atoms with Crippen molar-refractivity contribution in [1.82, 2.24) is 5.16 Å². The Labute approximate surface area is 95.0 Å². The van der Waals surface area contributed by atoms with Gasteiger partial charge < -0.3 is 10.3 Å². The molecular weight excluding hydrogens is 212 g/mol. The highest BCUT2D eigenvalue weighted by molar-refractivity contribution is 6.33. The van der Waals surface area contributed by atoms with Crippen LogP contribution >= 0.6 is 11.6 Å². The van der Waals surface area contributed by atoms with Crippen LogP contribution in [0.25, 0.3) is 0 Å². The maximum atomic E-state index is 5.95. The zero-order valence-electron chi connectivity index (χ0n) is 8.84. The highest BCUT2D eigenvalue weighted by atomic mass is 35.5. The van der Waals surface area contributed by atoms with Gasteiger partial charge in [0, 0.05) is 6.42 Å². The minimum atomic E-state index is 0.315. The van der Waals surface area contributed by atoms with E-state index in [1.807, 2.05) is 0 Å². The van der Waals surface area contributed by atoms with Crippen LogP contribution in [0.4, 0.5) is 5.82 Å². The number of halogens is 1. The van der Waals surface area contributed by atoms with E-state index in [1.165, 1.54) is 32.1 Å². The molecule has 1 aliphatic carbocycles. The lowest BCUT2D eigenvalue weighted by Gasteiger charge is -2.20. The Morgan fingerprint density at radius 3 is 2.67 bits per heavy atom. The number of aryl methyl sites for hydroxylation is 1. The first-order chi connectivity index (χ1) is 7.27. The molecule has 0 amide bonds. The normalized spacial score (nSPS) is 18.2. The van der Waals surface area contributed by atoms with Crippen molar-refractivity contribution < 1.29 is 4.52 Å². The number of aromatic nitrogens is 1. The molecule has 0 unspecified atom stereocenters. The molecule has 0 atom stereocenters. The molecule has 0 saturated heterocycles. The Morgan fingerprint density at radius 2 is 2.07 bits per heavy atom. The molecule has 1 aromatic rings. The maximum Gasteiger partial charge on any atom is 0.185 e. The summed E-state index contributed by atoms with van der Waals surface area (Å²) >= 11 is 5.95. The molecule has 0 aromatic carbocycles. The van der Waals surface area contributed by atoms with Crippen molar-refractivity contribution in [1.29, 1.82) is 0 Å². The monoisotopic (exact) mass is 228 g/mol. The first-order valence-corrected chi connectivity index (χ1v) is 6.04. The molecule has 0 bridgehead atoms. The van der Waals surface area contributed by atoms with Crippen molar-refractivity contribution in [3.63, 3.8) is 0 Å². The molecule has 4 heteroatoms. The van der Waals surface area contributed by atoms with Crippen LogP contribution in [-0.2, 0) is 6.42 Å². The molecule has 1 aliphatic rings. The Balaban J connectivity index is 1.84. The number of rotatable bonds is 3. The van der Waals surface area contributed by atoms with E-state index in [9.17, 15) is 0 Å². The van der Waals surface area contributed by atoms with Crippen LogP contribution in [0.15, 0.2) is 4.52 Å². The van der Waals surface area contributed by atoms with Crippen molar-refractivity contribution in [3.05, 3.63) is 10.8 Å². The van der Waals surface area contributed by atoms with E-state index in [0.717, 1.165) is 24.5 Å². The van der Waals surface area contributed by atoms with Gasteiger partial charge in [-0.1, -0.05) is 48.9 Å². The van der Waals surface area contributed by atoms with Crippen LogP contribution in [0.5, 0.6) is 0 Å². The summed E-state index contributed by atoms with van der Waals surface area (Å²) in [4.78, 5) is 0. The van der Waals surface area contributed by atoms with E-state index < -0.39 is 0 Å². The summed E-state index contributed by atoms with van der Waals surface area (Å²) in [7, 11) is 0. The van der Waals surface area contributed by atoms with Gasteiger partial charge in [0.05, 0.1) is 0 Å². The molecule has 0 radical (unpaired) electrons. The van der Waals surface area contributed by atoms with Crippen molar-refractivity contribution in [2.45, 2.75) is 44.9 Å². The smallest absolute Gasteiger partial charge is 0.185 e. The van der Waals surface area contributed by atoms with Gasteiger partial charge in [-0.3, -0.25) is 0 Å². The van der Waals surface area contributed by atoms with Gasteiger partial charge in [0.25, 0.3) is 0 Å². The van der Waals surface area contributed by atoms with E-state index in [2.05, 4.69) is 5.16 Å². The second-order valence-electron chi connectivity index (χ2n) is 4.35. The van der Waals surface area contributed by atoms with Gasteiger partial charge in [0.2, 0.25) is 0 Å². The van der Waals surface area contributed by atoms with E-state index >= 15 is 0 Å². The summed E-state index contributed by atoms with van der Waals surface area (Å²) in [6.45, 7) is 0. The quantitative estimate of drug-likeness (QED) is 0.863. The van der Waals surface area contributed by atoms with Crippen LogP contribution in [0.3, 0.4) is 0 Å². The van der Waals surface area contributed by atoms with Crippen molar-refractivity contribution >= 4 is 17.4 Å². The number of nitrogens with two attached hydrogens (primary N) is 1. The predicted molar refractivity (Wildman–Crippen MR) is 60.8 cm³/mol. The average molecular weight is 229 g/mol. The third kappa shape index (κ3) is 2.65. The average Bonchev–Trinajstić information content (AvgIpc) is 2.59. The second kappa shape index (κ2) is 4.88. The minimum Gasteiger partial charge on any atom is -0.380 e. The molecule has 2 N–H and O–H groups in total. The molecule has 0 aliphatic heterocycles. The SMILES string of the molecule is Nc1noc(CCC2CCCCC2)c1Cl. The van der Waals surface area contributed by atoms with E-state index in [-0.39, 0.29) is 0 Å². The van der Waals surface area contributed by atoms with E-state index in [1.54, 1.807) is 0 Å². The third-order valence-electron chi connectivity index (χ3n) is 3.23. The van der Waals surface area contributed by atoms with Crippen molar-refractivity contribution in [2.75, 3.05) is 5.73 Å². The number of hydrogen-bond acceptors (Lipinski definition) is 3. The molecule has 0 spiro atoms. The first kappa shape index (κ1) is 10.8. The summed E-state index contributed by atoms with van der Waals surface area (Å²) in [6.07, 6.45) is 8.85. The number of anilines is 1. The van der Waals surface area contributed by atoms with Crippen LogP contribution in [0.2, 0.25) is 5.02 Å². The van der Waals surface area contributed by atoms with Gasteiger partial charge >= 0.3 is 0 Å². The van der Waals surface area contributed by atoms with Crippen LogP contribution in [-0.4, -0.2) is 5.16 Å². The van der Waals surface area contributed by atoms with E-state index in [0.29, 0.717) is 10.8 Å². The van der Waals surface area contributed by atoms with Gasteiger partial charge in [-0.2, -0.15) is 0 Å². The molecule has 1 fully saturated rings. The highest BCUT2D eigenvalue weighted by Gasteiger charge is 2.16. The molecule has 1 saturated carbocycles. The first-order valence-electron chi connectivity index (χ1n) is 5.67. The fourth-order valence-electron chi connectivity index (χ4n) is 2.29. The summed E-state index contributed by atoms with van der Waals surface area (Å²) < 4.78 is 5.08. The zero-order chi connectivity index (χ0) is 10.7. The third-order valence-corrected chi connectivity index (χ3v) is 3.63. The van der Waals surface area contributed by atoms with Gasteiger partial charge in [-0.25, -0.2) is 0 Å². The minimum absolute atomic E-state index is 0.315. The maximum absolute atomic E-state index is 5.95. The fraction of sp³-hybridized carbons (Fsp3) is 0.727. The lowest BCUT2D eigenvalue weighted by atomic mass is 9.86. The van der Waals surface area contributed by atoms with Crippen LogP contribution in [0.1, 0.15) is 44.3 Å². The molecule has 15 heavy (non-hydrogen) atoms. The summed E-state index contributed by atoms with van der Waals surface area (Å²) in [5, 5.41) is 4.16. The molecule has 84 valence electrons. The molecule has 1 heterocycles. The number of nitrogen functional groups attached to an aromatic ring is 1. The van der Waals surface area contributed by atoms with Gasteiger partial charge in [-0.15, -0.1) is 0 Å². The Bertz CT molecular complexity index is 318.